The quantitative estimate of drug-likeness (QED) is 0.0651. The van der Waals surface area contributed by atoms with Crippen molar-refractivity contribution in [3.05, 3.63) is 12.2 Å². The van der Waals surface area contributed by atoms with Crippen molar-refractivity contribution in [3.63, 3.8) is 0 Å². The standard InChI is InChI=1S/C32H59NO6/c1-5-9-10-11-12-13-14-15-16-17-18-19-20-21-22-26-33(27(23-6-2)30(34)35,28(24-7-3)31(36)37)29(25-8-4)32(38)39/h13-14,27-29H,5-12,15-26H2,1-4H3,(H2-,34,35,36,37,38,39)/b14-13+. The molecule has 0 aromatic heterocycles. The highest BCUT2D eigenvalue weighted by molar-refractivity contribution is 5.77. The molecule has 0 saturated carbocycles. The van der Waals surface area contributed by atoms with Crippen LogP contribution in [0.1, 0.15) is 150 Å². The zero-order valence-electron chi connectivity index (χ0n) is 25.5. The van der Waals surface area contributed by atoms with Gasteiger partial charge < -0.3 is 20.1 Å². The molecular formula is C32H59NO6. The molecule has 0 heterocycles. The van der Waals surface area contributed by atoms with E-state index in [9.17, 15) is 29.7 Å². The average Bonchev–Trinajstić information content (AvgIpc) is 2.89. The molecule has 0 rings (SSSR count). The third kappa shape index (κ3) is 13.8. The van der Waals surface area contributed by atoms with Gasteiger partial charge in [-0.1, -0.05) is 91.2 Å². The Morgan fingerprint density at radius 2 is 0.974 bits per heavy atom. The second-order valence-electron chi connectivity index (χ2n) is 11.2. The molecule has 7 nitrogen and oxygen atoms in total. The molecule has 0 aliphatic heterocycles. The van der Waals surface area contributed by atoms with Crippen LogP contribution in [0.4, 0.5) is 0 Å². The van der Waals surface area contributed by atoms with E-state index in [1.165, 1.54) is 44.9 Å². The molecule has 0 aliphatic rings. The number of nitrogens with zero attached hydrogens (tertiary/aromatic N) is 1. The van der Waals surface area contributed by atoms with Crippen molar-refractivity contribution in [2.45, 2.75) is 168 Å². The number of allylic oxidation sites excluding steroid dienone is 2. The number of carbonyl (C=O) groups is 3. The van der Waals surface area contributed by atoms with Crippen LogP contribution in [-0.4, -0.2) is 57.3 Å². The van der Waals surface area contributed by atoms with Crippen LogP contribution in [0, 0.1) is 0 Å². The van der Waals surface area contributed by atoms with Crippen molar-refractivity contribution in [2.75, 3.05) is 6.54 Å². The first-order valence-electron chi connectivity index (χ1n) is 15.9. The van der Waals surface area contributed by atoms with Crippen molar-refractivity contribution in [1.29, 1.82) is 0 Å². The smallest absolute Gasteiger partial charge is 0.362 e. The molecule has 0 bridgehead atoms. The summed E-state index contributed by atoms with van der Waals surface area (Å²) in [5.74, 6) is -3.57. The first kappa shape index (κ1) is 37.1. The maximum atomic E-state index is 12.5. The summed E-state index contributed by atoms with van der Waals surface area (Å²) < 4.78 is -0.437. The third-order valence-electron chi connectivity index (χ3n) is 8.08. The molecule has 228 valence electrons. The summed E-state index contributed by atoms with van der Waals surface area (Å²) in [6.45, 7) is 8.02. The van der Waals surface area contributed by atoms with Gasteiger partial charge in [0.2, 0.25) is 0 Å². The van der Waals surface area contributed by atoms with E-state index in [2.05, 4.69) is 19.1 Å². The summed E-state index contributed by atoms with van der Waals surface area (Å²) in [6, 6.07) is -3.33. The molecular weight excluding hydrogens is 494 g/mol. The summed E-state index contributed by atoms with van der Waals surface area (Å²) in [7, 11) is 0. The molecule has 0 saturated heterocycles. The van der Waals surface area contributed by atoms with Crippen molar-refractivity contribution >= 4 is 17.9 Å². The van der Waals surface area contributed by atoms with E-state index in [1.54, 1.807) is 0 Å². The lowest BCUT2D eigenvalue weighted by molar-refractivity contribution is -0.975. The minimum absolute atomic E-state index is 0.205. The van der Waals surface area contributed by atoms with Gasteiger partial charge in [0.25, 0.3) is 0 Å². The second-order valence-corrected chi connectivity index (χ2v) is 11.2. The van der Waals surface area contributed by atoms with Gasteiger partial charge in [-0.25, -0.2) is 9.59 Å². The van der Waals surface area contributed by atoms with E-state index in [4.69, 9.17) is 0 Å². The summed E-state index contributed by atoms with van der Waals surface area (Å²) in [4.78, 5) is 37.5. The highest BCUT2D eigenvalue weighted by Gasteiger charge is 2.54. The Hall–Kier alpha value is -1.89. The van der Waals surface area contributed by atoms with Crippen LogP contribution < -0.4 is 5.11 Å². The van der Waals surface area contributed by atoms with Crippen molar-refractivity contribution in [3.8, 4) is 0 Å². The Morgan fingerprint density at radius 1 is 0.590 bits per heavy atom. The lowest BCUT2D eigenvalue weighted by atomic mass is 9.91. The van der Waals surface area contributed by atoms with Crippen LogP contribution in [0.2, 0.25) is 0 Å². The van der Waals surface area contributed by atoms with Crippen LogP contribution >= 0.6 is 0 Å². The molecule has 0 aromatic carbocycles. The Labute approximate surface area is 238 Å². The van der Waals surface area contributed by atoms with Crippen molar-refractivity contribution in [2.24, 2.45) is 0 Å². The van der Waals surface area contributed by atoms with Crippen LogP contribution in [0.5, 0.6) is 0 Å². The Bertz CT molecular complexity index is 632. The SMILES string of the molecule is CCCCCC/C=C/CCCCCCCCC[N+](C(CCC)C(=O)[O-])(C(CCC)C(=O)O)C(CCC)C(=O)O. The minimum Gasteiger partial charge on any atom is -0.544 e. The monoisotopic (exact) mass is 553 g/mol. The predicted molar refractivity (Wildman–Crippen MR) is 156 cm³/mol. The van der Waals surface area contributed by atoms with E-state index in [0.29, 0.717) is 25.7 Å². The van der Waals surface area contributed by atoms with Gasteiger partial charge in [-0.15, -0.1) is 0 Å². The zero-order valence-corrected chi connectivity index (χ0v) is 25.5. The first-order chi connectivity index (χ1) is 18.7. The van der Waals surface area contributed by atoms with Gasteiger partial charge in [0.15, 0.2) is 12.1 Å². The summed E-state index contributed by atoms with van der Waals surface area (Å²) in [5.41, 5.74) is 0. The third-order valence-corrected chi connectivity index (χ3v) is 8.08. The molecule has 0 aromatic rings. The molecule has 7 heteroatoms. The summed E-state index contributed by atoms with van der Waals surface area (Å²) in [6.07, 6.45) is 21.4. The molecule has 0 spiro atoms. The lowest BCUT2D eigenvalue weighted by Gasteiger charge is -2.52. The fraction of sp³-hybridized carbons (Fsp3) is 0.844. The maximum Gasteiger partial charge on any atom is 0.362 e. The number of hydrogen-bond donors (Lipinski definition) is 2. The fourth-order valence-corrected chi connectivity index (χ4v) is 6.09. The van der Waals surface area contributed by atoms with E-state index < -0.39 is 40.5 Å². The van der Waals surface area contributed by atoms with Gasteiger partial charge in [0, 0.05) is 19.3 Å². The number of unbranched alkanes of at least 4 members (excludes halogenated alkanes) is 11. The molecule has 0 aliphatic carbocycles. The topological polar surface area (TPSA) is 115 Å². The number of aliphatic carboxylic acids is 3. The number of carboxylic acid groups (broad SMARTS) is 3. The summed E-state index contributed by atoms with van der Waals surface area (Å²) in [5, 5.41) is 32.9. The van der Waals surface area contributed by atoms with Crippen LogP contribution in [-0.2, 0) is 14.4 Å². The number of rotatable bonds is 27. The average molecular weight is 554 g/mol. The van der Waals surface area contributed by atoms with Gasteiger partial charge in [0.05, 0.1) is 12.5 Å². The van der Waals surface area contributed by atoms with Crippen molar-refractivity contribution < 1.29 is 34.2 Å². The molecule has 2 N–H and O–H groups in total. The number of quaternary nitrogens is 1. The van der Waals surface area contributed by atoms with Crippen LogP contribution in [0.25, 0.3) is 0 Å². The van der Waals surface area contributed by atoms with Gasteiger partial charge in [0.1, 0.15) is 6.04 Å². The fourth-order valence-electron chi connectivity index (χ4n) is 6.09. The maximum absolute atomic E-state index is 12.5. The normalized spacial score (nSPS) is 15.6. The van der Waals surface area contributed by atoms with Crippen molar-refractivity contribution in [1.82, 2.24) is 0 Å². The van der Waals surface area contributed by atoms with Crippen LogP contribution in [0.3, 0.4) is 0 Å². The predicted octanol–water partition coefficient (Wildman–Crippen LogP) is 6.88. The van der Waals surface area contributed by atoms with Gasteiger partial charge >= 0.3 is 11.9 Å². The van der Waals surface area contributed by atoms with E-state index in [1.807, 2.05) is 20.8 Å². The van der Waals surface area contributed by atoms with Crippen LogP contribution in [0.15, 0.2) is 12.2 Å². The number of hydrogen-bond acceptors (Lipinski definition) is 4. The van der Waals surface area contributed by atoms with E-state index >= 15 is 0 Å². The number of carboxylic acids is 3. The molecule has 3 unspecified atom stereocenters. The van der Waals surface area contributed by atoms with E-state index in [0.717, 1.165) is 32.1 Å². The Morgan fingerprint density at radius 3 is 1.36 bits per heavy atom. The molecule has 0 amide bonds. The minimum atomic E-state index is -1.34. The number of carbonyl (C=O) groups excluding carboxylic acids is 1. The van der Waals surface area contributed by atoms with Gasteiger partial charge in [-0.2, -0.15) is 0 Å². The Balaban J connectivity index is 5.24. The Kier molecular flexibility index (Phi) is 21.8. The molecule has 3 atom stereocenters. The lowest BCUT2D eigenvalue weighted by Crippen LogP contribution is -2.74. The highest BCUT2D eigenvalue weighted by Crippen LogP contribution is 2.34. The zero-order chi connectivity index (χ0) is 29.5. The second kappa shape index (κ2) is 22.9. The molecule has 0 radical (unpaired) electrons. The molecule has 0 fully saturated rings. The largest absolute Gasteiger partial charge is 0.544 e. The van der Waals surface area contributed by atoms with E-state index in [-0.39, 0.29) is 25.8 Å². The highest BCUT2D eigenvalue weighted by atomic mass is 16.4. The molecule has 39 heavy (non-hydrogen) atoms. The first-order valence-corrected chi connectivity index (χ1v) is 15.9. The van der Waals surface area contributed by atoms with Gasteiger partial charge in [-0.05, 0) is 51.4 Å². The summed E-state index contributed by atoms with van der Waals surface area (Å²) >= 11 is 0. The van der Waals surface area contributed by atoms with Gasteiger partial charge in [-0.3, -0.25) is 4.48 Å².